The maximum absolute atomic E-state index is 13.3. The summed E-state index contributed by atoms with van der Waals surface area (Å²) < 4.78 is 13.8. The second-order valence-electron chi connectivity index (χ2n) is 5.14. The van der Waals surface area contributed by atoms with E-state index < -0.39 is 0 Å². The van der Waals surface area contributed by atoms with Crippen LogP contribution in [0.2, 0.25) is 0 Å². The van der Waals surface area contributed by atoms with Gasteiger partial charge in [0.05, 0.1) is 4.47 Å². The Bertz CT molecular complexity index is 403. The van der Waals surface area contributed by atoms with Crippen LogP contribution in [0.3, 0.4) is 0 Å². The number of halogens is 2. The van der Waals surface area contributed by atoms with E-state index in [4.69, 9.17) is 5.73 Å². The molecule has 2 N–H and O–H groups in total. The number of rotatable bonds is 3. The summed E-state index contributed by atoms with van der Waals surface area (Å²) in [6.45, 7) is 5.03. The largest absolute Gasteiger partial charge is 0.329 e. The zero-order chi connectivity index (χ0) is 13.1. The van der Waals surface area contributed by atoms with Gasteiger partial charge in [0.1, 0.15) is 5.82 Å². The van der Waals surface area contributed by atoms with Crippen molar-refractivity contribution in [2.75, 3.05) is 19.6 Å². The van der Waals surface area contributed by atoms with Crippen molar-refractivity contribution in [1.29, 1.82) is 0 Å². The summed E-state index contributed by atoms with van der Waals surface area (Å²) in [6, 6.07) is 5.41. The Balaban J connectivity index is 2.14. The second kappa shape index (κ2) is 6.13. The zero-order valence-electron chi connectivity index (χ0n) is 10.7. The molecule has 0 spiro atoms. The lowest BCUT2D eigenvalue weighted by atomic mass is 9.96. The Labute approximate surface area is 116 Å². The van der Waals surface area contributed by atoms with Crippen LogP contribution in [0.25, 0.3) is 0 Å². The van der Waals surface area contributed by atoms with Gasteiger partial charge in [-0.05, 0) is 65.5 Å². The van der Waals surface area contributed by atoms with Gasteiger partial charge in [0.25, 0.3) is 0 Å². The standard InChI is InChI=1S/C14H20BrFN2/c1-10-4-6-18(7-5-10)14(9-17)11-2-3-13(16)12(15)8-11/h2-3,8,10,14H,4-7,9,17H2,1H3. The van der Waals surface area contributed by atoms with Gasteiger partial charge in [0.15, 0.2) is 0 Å². The Morgan fingerprint density at radius 2 is 2.11 bits per heavy atom. The molecule has 1 fully saturated rings. The van der Waals surface area contributed by atoms with E-state index in [2.05, 4.69) is 27.8 Å². The van der Waals surface area contributed by atoms with Crippen molar-refractivity contribution in [2.45, 2.75) is 25.8 Å². The monoisotopic (exact) mass is 314 g/mol. The summed E-state index contributed by atoms with van der Waals surface area (Å²) in [5.74, 6) is 0.585. The molecule has 0 bridgehead atoms. The molecule has 1 aliphatic rings. The highest BCUT2D eigenvalue weighted by molar-refractivity contribution is 9.10. The molecule has 1 aromatic carbocycles. The highest BCUT2D eigenvalue weighted by Gasteiger charge is 2.23. The van der Waals surface area contributed by atoms with Crippen LogP contribution in [0.15, 0.2) is 22.7 Å². The van der Waals surface area contributed by atoms with E-state index >= 15 is 0 Å². The molecule has 18 heavy (non-hydrogen) atoms. The van der Waals surface area contributed by atoms with Crippen molar-refractivity contribution in [3.05, 3.63) is 34.1 Å². The third-order valence-corrected chi connectivity index (χ3v) is 4.42. The van der Waals surface area contributed by atoms with Crippen molar-refractivity contribution in [1.82, 2.24) is 4.90 Å². The van der Waals surface area contributed by atoms with Crippen LogP contribution in [0.1, 0.15) is 31.4 Å². The van der Waals surface area contributed by atoms with Crippen molar-refractivity contribution in [3.8, 4) is 0 Å². The lowest BCUT2D eigenvalue weighted by Crippen LogP contribution is -2.39. The smallest absolute Gasteiger partial charge is 0.137 e. The molecular formula is C14H20BrFN2. The molecule has 0 aliphatic carbocycles. The molecule has 1 aromatic rings. The Morgan fingerprint density at radius 3 is 2.67 bits per heavy atom. The Hall–Kier alpha value is -0.450. The number of hydrogen-bond donors (Lipinski definition) is 1. The van der Waals surface area contributed by atoms with E-state index in [1.807, 2.05) is 12.1 Å². The molecule has 1 unspecified atom stereocenters. The molecule has 2 rings (SSSR count). The first-order valence-corrected chi connectivity index (χ1v) is 7.30. The third-order valence-electron chi connectivity index (χ3n) is 3.81. The van der Waals surface area contributed by atoms with E-state index in [0.29, 0.717) is 11.0 Å². The molecule has 4 heteroatoms. The fraction of sp³-hybridized carbons (Fsp3) is 0.571. The van der Waals surface area contributed by atoms with Crippen LogP contribution in [0, 0.1) is 11.7 Å². The first kappa shape index (κ1) is 14.0. The molecule has 1 saturated heterocycles. The van der Waals surface area contributed by atoms with E-state index in [1.165, 1.54) is 18.9 Å². The molecule has 1 aliphatic heterocycles. The maximum atomic E-state index is 13.3. The number of hydrogen-bond acceptors (Lipinski definition) is 2. The fourth-order valence-corrected chi connectivity index (χ4v) is 2.95. The molecule has 0 aromatic heterocycles. The summed E-state index contributed by atoms with van der Waals surface area (Å²) in [4.78, 5) is 2.42. The number of nitrogens with two attached hydrogens (primary N) is 1. The highest BCUT2D eigenvalue weighted by atomic mass is 79.9. The number of nitrogens with zero attached hydrogens (tertiary/aromatic N) is 1. The second-order valence-corrected chi connectivity index (χ2v) is 6.00. The fourth-order valence-electron chi connectivity index (χ4n) is 2.56. The average molecular weight is 315 g/mol. The topological polar surface area (TPSA) is 29.3 Å². The first-order chi connectivity index (χ1) is 8.61. The molecule has 1 atom stereocenters. The molecule has 2 nitrogen and oxygen atoms in total. The molecule has 100 valence electrons. The highest BCUT2D eigenvalue weighted by Crippen LogP contribution is 2.28. The first-order valence-electron chi connectivity index (χ1n) is 6.51. The minimum atomic E-state index is -0.221. The number of likely N-dealkylation sites (tertiary alicyclic amines) is 1. The molecule has 0 saturated carbocycles. The predicted molar refractivity (Wildman–Crippen MR) is 75.9 cm³/mol. The van der Waals surface area contributed by atoms with Crippen molar-refractivity contribution >= 4 is 15.9 Å². The maximum Gasteiger partial charge on any atom is 0.137 e. The van der Waals surface area contributed by atoms with Crippen LogP contribution in [-0.2, 0) is 0 Å². The van der Waals surface area contributed by atoms with E-state index in [0.717, 1.165) is 24.6 Å². The van der Waals surface area contributed by atoms with Gasteiger partial charge in [-0.15, -0.1) is 0 Å². The summed E-state index contributed by atoms with van der Waals surface area (Å²) >= 11 is 3.24. The normalized spacial score (nSPS) is 20.0. The van der Waals surface area contributed by atoms with E-state index in [1.54, 1.807) is 0 Å². The molecule has 0 amide bonds. The van der Waals surface area contributed by atoms with E-state index in [9.17, 15) is 4.39 Å². The van der Waals surface area contributed by atoms with Gasteiger partial charge in [0, 0.05) is 12.6 Å². The average Bonchev–Trinajstić information content (AvgIpc) is 2.37. The third kappa shape index (κ3) is 3.11. The number of benzene rings is 1. The lowest BCUT2D eigenvalue weighted by Gasteiger charge is -2.36. The SMILES string of the molecule is CC1CCN(C(CN)c2ccc(F)c(Br)c2)CC1. The van der Waals surface area contributed by atoms with Crippen LogP contribution in [0.5, 0.6) is 0 Å². The number of piperidine rings is 1. The summed E-state index contributed by atoms with van der Waals surface area (Å²) in [5.41, 5.74) is 7.01. The molecule has 1 heterocycles. The van der Waals surface area contributed by atoms with Gasteiger partial charge in [-0.3, -0.25) is 4.90 Å². The van der Waals surface area contributed by atoms with Gasteiger partial charge in [-0.1, -0.05) is 13.0 Å². The van der Waals surface area contributed by atoms with Crippen LogP contribution in [0.4, 0.5) is 4.39 Å². The minimum Gasteiger partial charge on any atom is -0.329 e. The van der Waals surface area contributed by atoms with Crippen LogP contribution in [-0.4, -0.2) is 24.5 Å². The van der Waals surface area contributed by atoms with Gasteiger partial charge in [-0.2, -0.15) is 0 Å². The summed E-state index contributed by atoms with van der Waals surface area (Å²) in [7, 11) is 0. The van der Waals surface area contributed by atoms with E-state index in [-0.39, 0.29) is 11.9 Å². The van der Waals surface area contributed by atoms with Crippen LogP contribution < -0.4 is 5.73 Å². The quantitative estimate of drug-likeness (QED) is 0.927. The zero-order valence-corrected chi connectivity index (χ0v) is 12.3. The Kier molecular flexibility index (Phi) is 4.76. The van der Waals surface area contributed by atoms with Crippen molar-refractivity contribution < 1.29 is 4.39 Å². The van der Waals surface area contributed by atoms with Gasteiger partial charge in [-0.25, -0.2) is 4.39 Å². The van der Waals surface area contributed by atoms with Crippen molar-refractivity contribution in [2.24, 2.45) is 11.7 Å². The van der Waals surface area contributed by atoms with Crippen LogP contribution >= 0.6 is 15.9 Å². The lowest BCUT2D eigenvalue weighted by molar-refractivity contribution is 0.141. The predicted octanol–water partition coefficient (Wildman–Crippen LogP) is 3.32. The Morgan fingerprint density at radius 1 is 1.44 bits per heavy atom. The minimum absolute atomic E-state index is 0.203. The molecule has 0 radical (unpaired) electrons. The van der Waals surface area contributed by atoms with Gasteiger partial charge in [0.2, 0.25) is 0 Å². The summed E-state index contributed by atoms with van der Waals surface area (Å²) in [5, 5.41) is 0. The van der Waals surface area contributed by atoms with Crippen molar-refractivity contribution in [3.63, 3.8) is 0 Å². The summed E-state index contributed by atoms with van der Waals surface area (Å²) in [6.07, 6.45) is 2.44. The van der Waals surface area contributed by atoms with Gasteiger partial charge < -0.3 is 5.73 Å². The molecular weight excluding hydrogens is 295 g/mol. The van der Waals surface area contributed by atoms with Gasteiger partial charge >= 0.3 is 0 Å².